The third-order valence-electron chi connectivity index (χ3n) is 3.85. The summed E-state index contributed by atoms with van der Waals surface area (Å²) in [4.78, 5) is 36.5. The van der Waals surface area contributed by atoms with E-state index in [0.29, 0.717) is 24.9 Å². The minimum atomic E-state index is -0.592. The van der Waals surface area contributed by atoms with Crippen LogP contribution in [0.25, 0.3) is 0 Å². The fourth-order valence-electron chi connectivity index (χ4n) is 2.72. The second-order valence-electron chi connectivity index (χ2n) is 5.21. The number of rotatable bonds is 6. The number of aryl methyl sites for hydroxylation is 1. The summed E-state index contributed by atoms with van der Waals surface area (Å²) in [6, 6.07) is 5.20. The topological polar surface area (TPSA) is 66.5 Å². The van der Waals surface area contributed by atoms with Gasteiger partial charge in [0.15, 0.2) is 0 Å². The lowest BCUT2D eigenvalue weighted by atomic mass is 10.0. The van der Waals surface area contributed by atoms with E-state index in [2.05, 4.69) is 12.2 Å². The maximum atomic E-state index is 12.5. The molecule has 1 aliphatic rings. The molecule has 0 radical (unpaired) electrons. The number of nitrogens with zero attached hydrogens (tertiary/aromatic N) is 1. The monoisotopic (exact) mass is 318 g/mol. The highest BCUT2D eigenvalue weighted by molar-refractivity contribution is 6.02. The third-order valence-corrected chi connectivity index (χ3v) is 3.85. The molecule has 2 rings (SSSR count). The van der Waals surface area contributed by atoms with E-state index in [1.807, 2.05) is 39.0 Å². The van der Waals surface area contributed by atoms with Crippen LogP contribution in [0.5, 0.6) is 0 Å². The van der Waals surface area contributed by atoms with Crippen LogP contribution in [0.15, 0.2) is 18.2 Å². The normalized spacial score (nSPS) is 13.7. The van der Waals surface area contributed by atoms with E-state index in [9.17, 15) is 14.4 Å². The largest absolute Gasteiger partial charge is 0.322 e. The smallest absolute Gasteiger partial charge is 0.255 e. The molecule has 0 fully saturated rings. The standard InChI is InChI=1S/C16H20N2O3.C2H6/c1-3-5-14(15(20)17-10-19)18-9-12-8-11(4-2)6-7-13(12)16(18)21;1-2/h6-8,10,14H,3-5,9H2,1-2H3,(H,17,19,20);1-2H3. The average molecular weight is 318 g/mol. The number of fused-ring (bicyclic) bond motifs is 1. The first-order valence-electron chi connectivity index (χ1n) is 8.29. The summed E-state index contributed by atoms with van der Waals surface area (Å²) in [7, 11) is 0. The van der Waals surface area contributed by atoms with Crippen LogP contribution in [0.1, 0.15) is 62.0 Å². The number of hydrogen-bond acceptors (Lipinski definition) is 3. The summed E-state index contributed by atoms with van der Waals surface area (Å²) < 4.78 is 0. The van der Waals surface area contributed by atoms with Gasteiger partial charge in [0.2, 0.25) is 12.3 Å². The Labute approximate surface area is 138 Å². The molecule has 0 spiro atoms. The third kappa shape index (κ3) is 4.18. The van der Waals surface area contributed by atoms with Gasteiger partial charge in [-0.15, -0.1) is 0 Å². The Kier molecular flexibility index (Phi) is 7.45. The van der Waals surface area contributed by atoms with Crippen molar-refractivity contribution in [2.24, 2.45) is 0 Å². The van der Waals surface area contributed by atoms with E-state index < -0.39 is 11.9 Å². The van der Waals surface area contributed by atoms with Crippen LogP contribution in [-0.4, -0.2) is 29.2 Å². The molecule has 5 heteroatoms. The fraction of sp³-hybridized carbons (Fsp3) is 0.500. The minimum absolute atomic E-state index is 0.132. The lowest BCUT2D eigenvalue weighted by Crippen LogP contribution is -2.46. The van der Waals surface area contributed by atoms with E-state index in [-0.39, 0.29) is 5.91 Å². The van der Waals surface area contributed by atoms with E-state index in [4.69, 9.17) is 0 Å². The zero-order valence-electron chi connectivity index (χ0n) is 14.4. The number of benzene rings is 1. The van der Waals surface area contributed by atoms with Gasteiger partial charge >= 0.3 is 0 Å². The summed E-state index contributed by atoms with van der Waals surface area (Å²) >= 11 is 0. The maximum Gasteiger partial charge on any atom is 0.255 e. The zero-order chi connectivity index (χ0) is 17.4. The summed E-state index contributed by atoms with van der Waals surface area (Å²) in [6.45, 7) is 8.44. The van der Waals surface area contributed by atoms with Gasteiger partial charge < -0.3 is 4.90 Å². The molecule has 23 heavy (non-hydrogen) atoms. The summed E-state index contributed by atoms with van der Waals surface area (Å²) in [6.07, 6.45) is 2.58. The zero-order valence-corrected chi connectivity index (χ0v) is 14.4. The van der Waals surface area contributed by atoms with Gasteiger partial charge in [-0.25, -0.2) is 0 Å². The van der Waals surface area contributed by atoms with E-state index in [1.54, 1.807) is 4.90 Å². The van der Waals surface area contributed by atoms with Crippen molar-refractivity contribution in [1.29, 1.82) is 0 Å². The Hall–Kier alpha value is -2.17. The molecule has 0 aromatic heterocycles. The molecular weight excluding hydrogens is 292 g/mol. The highest BCUT2D eigenvalue weighted by Crippen LogP contribution is 2.27. The van der Waals surface area contributed by atoms with Crippen LogP contribution in [-0.2, 0) is 22.6 Å². The highest BCUT2D eigenvalue weighted by Gasteiger charge is 2.35. The number of amides is 3. The Balaban J connectivity index is 0.00000127. The molecule has 3 amide bonds. The molecule has 5 nitrogen and oxygen atoms in total. The Morgan fingerprint density at radius 3 is 2.61 bits per heavy atom. The molecule has 0 saturated carbocycles. The lowest BCUT2D eigenvalue weighted by Gasteiger charge is -2.25. The molecular formula is C18H26N2O3. The number of imide groups is 1. The van der Waals surface area contributed by atoms with Gasteiger partial charge in [-0.2, -0.15) is 0 Å². The quantitative estimate of drug-likeness (QED) is 0.820. The van der Waals surface area contributed by atoms with Gasteiger partial charge in [-0.3, -0.25) is 19.7 Å². The highest BCUT2D eigenvalue weighted by atomic mass is 16.2. The molecule has 0 bridgehead atoms. The van der Waals surface area contributed by atoms with Gasteiger partial charge in [0.1, 0.15) is 6.04 Å². The number of carbonyl (C=O) groups excluding carboxylic acids is 3. The van der Waals surface area contributed by atoms with Crippen LogP contribution >= 0.6 is 0 Å². The fourth-order valence-corrected chi connectivity index (χ4v) is 2.72. The number of hydrogen-bond donors (Lipinski definition) is 1. The predicted molar refractivity (Wildman–Crippen MR) is 89.9 cm³/mol. The van der Waals surface area contributed by atoms with E-state index in [0.717, 1.165) is 18.4 Å². The molecule has 1 aromatic carbocycles. The summed E-state index contributed by atoms with van der Waals surface area (Å²) in [5, 5.41) is 2.16. The molecule has 1 atom stereocenters. The Morgan fingerprint density at radius 2 is 2.04 bits per heavy atom. The Bertz CT molecular complexity index is 569. The van der Waals surface area contributed by atoms with Crippen molar-refractivity contribution in [2.45, 2.75) is 59.5 Å². The van der Waals surface area contributed by atoms with Crippen LogP contribution < -0.4 is 5.32 Å². The minimum Gasteiger partial charge on any atom is -0.322 e. The van der Waals surface area contributed by atoms with Gasteiger partial charge in [0.05, 0.1) is 0 Å². The first-order valence-corrected chi connectivity index (χ1v) is 8.29. The van der Waals surface area contributed by atoms with Crippen molar-refractivity contribution in [3.63, 3.8) is 0 Å². The van der Waals surface area contributed by atoms with Gasteiger partial charge in [-0.05, 0) is 30.0 Å². The van der Waals surface area contributed by atoms with Crippen LogP contribution in [0, 0.1) is 0 Å². The molecule has 1 unspecified atom stereocenters. The van der Waals surface area contributed by atoms with Crippen molar-refractivity contribution in [3.05, 3.63) is 34.9 Å². The number of nitrogens with one attached hydrogen (secondary N) is 1. The van der Waals surface area contributed by atoms with Crippen molar-refractivity contribution >= 4 is 18.2 Å². The van der Waals surface area contributed by atoms with E-state index >= 15 is 0 Å². The van der Waals surface area contributed by atoms with Crippen LogP contribution in [0.2, 0.25) is 0 Å². The number of carbonyl (C=O) groups is 3. The molecule has 126 valence electrons. The van der Waals surface area contributed by atoms with Gasteiger partial charge in [-0.1, -0.05) is 46.2 Å². The van der Waals surface area contributed by atoms with Crippen molar-refractivity contribution in [3.8, 4) is 0 Å². The van der Waals surface area contributed by atoms with Crippen molar-refractivity contribution in [2.75, 3.05) is 0 Å². The van der Waals surface area contributed by atoms with Crippen molar-refractivity contribution < 1.29 is 14.4 Å². The molecule has 0 saturated heterocycles. The Morgan fingerprint density at radius 1 is 1.35 bits per heavy atom. The molecule has 0 aliphatic carbocycles. The molecule has 1 heterocycles. The van der Waals surface area contributed by atoms with E-state index in [1.165, 1.54) is 5.56 Å². The second-order valence-corrected chi connectivity index (χ2v) is 5.21. The first kappa shape index (κ1) is 18.9. The average Bonchev–Trinajstić information content (AvgIpc) is 2.90. The molecule has 1 aliphatic heterocycles. The maximum absolute atomic E-state index is 12.5. The SMILES string of the molecule is CC.CCCC(C(=O)NC=O)N1Cc2cc(CC)ccc2C1=O. The predicted octanol–water partition coefficient (Wildman–Crippen LogP) is 2.67. The summed E-state index contributed by atoms with van der Waals surface area (Å²) in [5.74, 6) is -0.545. The second kappa shape index (κ2) is 9.08. The van der Waals surface area contributed by atoms with Crippen LogP contribution in [0.3, 0.4) is 0 Å². The van der Waals surface area contributed by atoms with Gasteiger partial charge in [0.25, 0.3) is 5.91 Å². The first-order chi connectivity index (χ1) is 11.1. The van der Waals surface area contributed by atoms with Crippen molar-refractivity contribution in [1.82, 2.24) is 10.2 Å². The molecule has 1 N–H and O–H groups in total. The lowest BCUT2D eigenvalue weighted by molar-refractivity contribution is -0.129. The van der Waals surface area contributed by atoms with Crippen LogP contribution in [0.4, 0.5) is 0 Å². The summed E-state index contributed by atoms with van der Waals surface area (Å²) in [5.41, 5.74) is 2.79. The van der Waals surface area contributed by atoms with Gasteiger partial charge in [0, 0.05) is 12.1 Å². The molecule has 1 aromatic rings.